The number of nitrogens with zero attached hydrogens (tertiary/aromatic N) is 1. The van der Waals surface area contributed by atoms with Gasteiger partial charge in [0.05, 0.1) is 11.4 Å². The third-order valence-corrected chi connectivity index (χ3v) is 6.05. The molecule has 2 aliphatic rings. The second kappa shape index (κ2) is 6.57. The first kappa shape index (κ1) is 16.8. The van der Waals surface area contributed by atoms with Gasteiger partial charge in [0.25, 0.3) is 10.0 Å². The predicted octanol–water partition coefficient (Wildman–Crippen LogP) is 2.24. The smallest absolute Gasteiger partial charge is 0.263 e. The minimum absolute atomic E-state index is 0.138. The summed E-state index contributed by atoms with van der Waals surface area (Å²) in [6, 6.07) is 12.7. The van der Waals surface area contributed by atoms with E-state index < -0.39 is 10.0 Å². The van der Waals surface area contributed by atoms with Gasteiger partial charge in [-0.3, -0.25) is 14.5 Å². The van der Waals surface area contributed by atoms with Crippen LogP contribution in [-0.2, 0) is 27.7 Å². The van der Waals surface area contributed by atoms with Gasteiger partial charge in [0, 0.05) is 17.7 Å². The molecule has 0 aromatic heterocycles. The summed E-state index contributed by atoms with van der Waals surface area (Å²) in [7, 11) is -3.54. The Morgan fingerprint density at radius 2 is 1.92 bits per heavy atom. The molecule has 134 valence electrons. The zero-order valence-electron chi connectivity index (χ0n) is 14.2. The van der Waals surface area contributed by atoms with Crippen LogP contribution >= 0.6 is 0 Å². The average Bonchev–Trinajstić information content (AvgIpc) is 3.17. The van der Waals surface area contributed by atoms with E-state index in [0.717, 1.165) is 18.5 Å². The highest BCUT2D eigenvalue weighted by atomic mass is 32.2. The van der Waals surface area contributed by atoms with Crippen LogP contribution in [0.1, 0.15) is 29.5 Å². The maximum absolute atomic E-state index is 12.1. The number of hydrogen-bond donors (Lipinski definition) is 2. The number of nitrogens with one attached hydrogen (secondary N) is 2. The highest BCUT2D eigenvalue weighted by Gasteiger charge is 2.29. The van der Waals surface area contributed by atoms with Gasteiger partial charge in [-0.1, -0.05) is 18.2 Å². The molecule has 2 aromatic carbocycles. The number of aryl methyl sites for hydroxylation is 2. The molecular weight excluding hydrogens is 350 g/mol. The lowest BCUT2D eigenvalue weighted by molar-refractivity contribution is -0.116. The molecule has 0 saturated heterocycles. The van der Waals surface area contributed by atoms with E-state index in [-0.39, 0.29) is 23.8 Å². The van der Waals surface area contributed by atoms with Crippen LogP contribution in [-0.4, -0.2) is 26.7 Å². The summed E-state index contributed by atoms with van der Waals surface area (Å²) < 4.78 is 26.5. The molecule has 2 aromatic rings. The Morgan fingerprint density at radius 1 is 1.12 bits per heavy atom. The summed E-state index contributed by atoms with van der Waals surface area (Å²) in [6.07, 6.45) is 3.52. The van der Waals surface area contributed by atoms with Gasteiger partial charge in [-0.05, 0) is 54.7 Å². The van der Waals surface area contributed by atoms with Gasteiger partial charge < -0.3 is 5.32 Å². The van der Waals surface area contributed by atoms with Crippen molar-refractivity contribution in [3.8, 4) is 0 Å². The second-order valence-electron chi connectivity index (χ2n) is 6.47. The number of anilines is 1. The number of amides is 1. The number of hydrogen-bond acceptors (Lipinski definition) is 4. The van der Waals surface area contributed by atoms with E-state index in [4.69, 9.17) is 0 Å². The van der Waals surface area contributed by atoms with Crippen molar-refractivity contribution in [2.45, 2.75) is 30.6 Å². The second-order valence-corrected chi connectivity index (χ2v) is 8.12. The third kappa shape index (κ3) is 3.22. The first-order valence-electron chi connectivity index (χ1n) is 8.61. The summed E-state index contributed by atoms with van der Waals surface area (Å²) in [5.41, 5.74) is 4.02. The highest BCUT2D eigenvalue weighted by molar-refractivity contribution is 7.90. The van der Waals surface area contributed by atoms with Crippen molar-refractivity contribution in [1.82, 2.24) is 4.72 Å². The van der Waals surface area contributed by atoms with E-state index in [0.29, 0.717) is 11.4 Å². The van der Waals surface area contributed by atoms with Crippen LogP contribution in [0.2, 0.25) is 0 Å². The van der Waals surface area contributed by atoms with Crippen molar-refractivity contribution >= 4 is 27.5 Å². The number of rotatable bonds is 4. The van der Waals surface area contributed by atoms with Crippen molar-refractivity contribution in [3.63, 3.8) is 0 Å². The fourth-order valence-corrected chi connectivity index (χ4v) is 4.64. The van der Waals surface area contributed by atoms with Gasteiger partial charge in [0.2, 0.25) is 5.91 Å². The standard InChI is InChI=1S/C19H19N3O3S/c23-18(21-15-9-8-13-4-3-5-14(13)12-15)10-11-20-19-16-6-1-2-7-17(16)26(24,25)22-19/h1-2,6-9,12H,3-5,10-11H2,(H,20,22)(H,21,23). The minimum atomic E-state index is -3.54. The van der Waals surface area contributed by atoms with Crippen molar-refractivity contribution in [3.05, 3.63) is 59.2 Å². The molecule has 1 aliphatic carbocycles. The fourth-order valence-electron chi connectivity index (χ4n) is 3.39. The Labute approximate surface area is 152 Å². The number of amidine groups is 1. The summed E-state index contributed by atoms with van der Waals surface area (Å²) >= 11 is 0. The topological polar surface area (TPSA) is 87.6 Å². The zero-order valence-corrected chi connectivity index (χ0v) is 15.0. The molecule has 1 heterocycles. The Morgan fingerprint density at radius 3 is 2.81 bits per heavy atom. The van der Waals surface area contributed by atoms with Gasteiger partial charge in [-0.25, -0.2) is 8.42 Å². The number of fused-ring (bicyclic) bond motifs is 2. The number of carbonyl (C=O) groups is 1. The van der Waals surface area contributed by atoms with E-state index >= 15 is 0 Å². The summed E-state index contributed by atoms with van der Waals surface area (Å²) in [4.78, 5) is 16.6. The molecule has 1 aliphatic heterocycles. The summed E-state index contributed by atoms with van der Waals surface area (Å²) in [6.45, 7) is 0.211. The van der Waals surface area contributed by atoms with Crippen LogP contribution in [0.3, 0.4) is 0 Å². The van der Waals surface area contributed by atoms with Crippen molar-refractivity contribution in [2.75, 3.05) is 11.9 Å². The molecule has 4 rings (SSSR count). The molecule has 0 atom stereocenters. The van der Waals surface area contributed by atoms with E-state index in [1.54, 1.807) is 24.3 Å². The lowest BCUT2D eigenvalue weighted by Gasteiger charge is -2.07. The van der Waals surface area contributed by atoms with Gasteiger partial charge in [0.15, 0.2) is 0 Å². The fraction of sp³-hybridized carbons (Fsp3) is 0.263. The molecular formula is C19H19N3O3S. The normalized spacial score (nSPS) is 18.2. The maximum atomic E-state index is 12.1. The van der Waals surface area contributed by atoms with Crippen LogP contribution in [0.4, 0.5) is 5.69 Å². The quantitative estimate of drug-likeness (QED) is 0.866. The average molecular weight is 369 g/mol. The van der Waals surface area contributed by atoms with Gasteiger partial charge in [-0.2, -0.15) is 0 Å². The van der Waals surface area contributed by atoms with Crippen LogP contribution in [0.5, 0.6) is 0 Å². The lowest BCUT2D eigenvalue weighted by Crippen LogP contribution is -2.23. The SMILES string of the molecule is O=C(CCN=C1NS(=O)(=O)c2ccccc21)Nc1ccc2c(c1)CCC2. The molecule has 0 radical (unpaired) electrons. The molecule has 0 fully saturated rings. The van der Waals surface area contributed by atoms with Crippen molar-refractivity contribution in [1.29, 1.82) is 0 Å². The van der Waals surface area contributed by atoms with Crippen LogP contribution in [0.15, 0.2) is 52.4 Å². The summed E-state index contributed by atoms with van der Waals surface area (Å²) in [5, 5.41) is 2.89. The molecule has 6 nitrogen and oxygen atoms in total. The maximum Gasteiger partial charge on any atom is 0.263 e. The molecule has 0 spiro atoms. The van der Waals surface area contributed by atoms with E-state index in [1.165, 1.54) is 17.5 Å². The van der Waals surface area contributed by atoms with Crippen molar-refractivity contribution in [2.24, 2.45) is 4.99 Å². The molecule has 26 heavy (non-hydrogen) atoms. The zero-order chi connectivity index (χ0) is 18.1. The third-order valence-electron chi connectivity index (χ3n) is 4.65. The van der Waals surface area contributed by atoms with Gasteiger partial charge in [0.1, 0.15) is 5.84 Å². The molecule has 1 amide bonds. The summed E-state index contributed by atoms with van der Waals surface area (Å²) in [5.74, 6) is 0.160. The number of aliphatic imine (C=N–C) groups is 1. The Bertz CT molecular complexity index is 1010. The van der Waals surface area contributed by atoms with Crippen LogP contribution in [0, 0.1) is 0 Å². The van der Waals surface area contributed by atoms with Crippen molar-refractivity contribution < 1.29 is 13.2 Å². The van der Waals surface area contributed by atoms with E-state index in [9.17, 15) is 13.2 Å². The first-order valence-corrected chi connectivity index (χ1v) is 10.1. The molecule has 7 heteroatoms. The Balaban J connectivity index is 1.39. The van der Waals surface area contributed by atoms with Gasteiger partial charge in [-0.15, -0.1) is 0 Å². The largest absolute Gasteiger partial charge is 0.326 e. The predicted molar refractivity (Wildman–Crippen MR) is 99.9 cm³/mol. The number of sulfonamides is 1. The van der Waals surface area contributed by atoms with Crippen LogP contribution in [0.25, 0.3) is 0 Å². The van der Waals surface area contributed by atoms with E-state index in [1.807, 2.05) is 12.1 Å². The number of benzene rings is 2. The van der Waals surface area contributed by atoms with Gasteiger partial charge >= 0.3 is 0 Å². The Hall–Kier alpha value is -2.67. The molecule has 0 unspecified atom stereocenters. The molecule has 2 N–H and O–H groups in total. The van der Waals surface area contributed by atoms with Crippen LogP contribution < -0.4 is 10.0 Å². The first-order chi connectivity index (χ1) is 12.5. The highest BCUT2D eigenvalue weighted by Crippen LogP contribution is 2.25. The molecule has 0 bridgehead atoms. The lowest BCUT2D eigenvalue weighted by atomic mass is 10.1. The minimum Gasteiger partial charge on any atom is -0.326 e. The monoisotopic (exact) mass is 369 g/mol. The Kier molecular flexibility index (Phi) is 4.24. The molecule has 0 saturated carbocycles. The van der Waals surface area contributed by atoms with E-state index in [2.05, 4.69) is 21.1 Å². The number of carbonyl (C=O) groups excluding carboxylic acids is 1.